The number of non-ortho nitro benzene ring substituents is 1. The van der Waals surface area contributed by atoms with E-state index in [0.717, 1.165) is 11.1 Å². The van der Waals surface area contributed by atoms with Gasteiger partial charge in [0.25, 0.3) is 5.69 Å². The van der Waals surface area contributed by atoms with Crippen LogP contribution in [0.15, 0.2) is 18.2 Å². The van der Waals surface area contributed by atoms with Gasteiger partial charge in [0.2, 0.25) is 0 Å². The minimum atomic E-state index is -4.64. The van der Waals surface area contributed by atoms with Crippen LogP contribution in [0.3, 0.4) is 0 Å². The number of nitrogens with zero attached hydrogens (tertiary/aromatic N) is 2. The zero-order valence-corrected chi connectivity index (χ0v) is 12.9. The molecule has 1 unspecified atom stereocenters. The van der Waals surface area contributed by atoms with E-state index in [1.54, 1.807) is 6.07 Å². The molecule has 0 bridgehead atoms. The van der Waals surface area contributed by atoms with Crippen LogP contribution < -0.4 is 0 Å². The van der Waals surface area contributed by atoms with Gasteiger partial charge in [-0.3, -0.25) is 15.0 Å². The summed E-state index contributed by atoms with van der Waals surface area (Å²) < 4.78 is 38.5. The Bertz CT molecular complexity index is 596. The van der Waals surface area contributed by atoms with Crippen LogP contribution in [-0.4, -0.2) is 39.8 Å². The molecular formula is C15H19F3N2O3. The summed E-state index contributed by atoms with van der Waals surface area (Å²) in [7, 11) is 0. The number of benzene rings is 1. The van der Waals surface area contributed by atoms with Crippen molar-refractivity contribution in [2.45, 2.75) is 44.5 Å². The number of likely N-dealkylation sites (tertiary alicyclic amines) is 1. The molecule has 8 heteroatoms. The van der Waals surface area contributed by atoms with Crippen molar-refractivity contribution in [1.82, 2.24) is 4.90 Å². The van der Waals surface area contributed by atoms with E-state index in [-0.39, 0.29) is 24.8 Å². The molecule has 0 saturated carbocycles. The molecule has 1 heterocycles. The molecule has 1 aliphatic rings. The highest BCUT2D eigenvalue weighted by Gasteiger charge is 2.54. The van der Waals surface area contributed by atoms with Crippen molar-refractivity contribution in [3.63, 3.8) is 0 Å². The fraction of sp³-hybridized carbons (Fsp3) is 0.600. The van der Waals surface area contributed by atoms with Gasteiger partial charge in [-0.05, 0) is 37.8 Å². The largest absolute Gasteiger partial charge is 0.417 e. The van der Waals surface area contributed by atoms with Crippen molar-refractivity contribution < 1.29 is 23.2 Å². The molecular weight excluding hydrogens is 313 g/mol. The number of alkyl halides is 3. The summed E-state index contributed by atoms with van der Waals surface area (Å²) in [5.74, 6) is 0. The Labute approximate surface area is 131 Å². The predicted molar refractivity (Wildman–Crippen MR) is 78.1 cm³/mol. The maximum atomic E-state index is 12.8. The summed E-state index contributed by atoms with van der Waals surface area (Å²) >= 11 is 0. The zero-order chi connectivity index (χ0) is 17.4. The number of halogens is 3. The summed E-state index contributed by atoms with van der Waals surface area (Å²) in [6.45, 7) is 3.79. The van der Waals surface area contributed by atoms with Crippen molar-refractivity contribution in [3.8, 4) is 0 Å². The first-order valence-corrected chi connectivity index (χ1v) is 7.33. The Hall–Kier alpha value is -1.67. The maximum Gasteiger partial charge on any atom is 0.417 e. The molecule has 0 spiro atoms. The standard InChI is InChI=1S/C15H19F3N2O3/c1-10-3-4-12(20(22)23)9-13(10)11(2)19-7-5-14(21,6-8-19)15(16,17)18/h3-4,9,11,21H,5-8H2,1-2H3. The minimum Gasteiger partial charge on any atom is -0.380 e. The number of rotatable bonds is 3. The fourth-order valence-electron chi connectivity index (χ4n) is 2.95. The van der Waals surface area contributed by atoms with Gasteiger partial charge in [-0.2, -0.15) is 13.2 Å². The first-order chi connectivity index (χ1) is 10.5. The van der Waals surface area contributed by atoms with Crippen LogP contribution in [0.2, 0.25) is 0 Å². The molecule has 0 aromatic heterocycles. The molecule has 0 aliphatic carbocycles. The normalized spacial score (nSPS) is 20.3. The molecule has 1 atom stereocenters. The Morgan fingerprint density at radius 2 is 1.91 bits per heavy atom. The van der Waals surface area contributed by atoms with E-state index in [0.29, 0.717) is 0 Å². The van der Waals surface area contributed by atoms with Gasteiger partial charge >= 0.3 is 6.18 Å². The summed E-state index contributed by atoms with van der Waals surface area (Å²) in [4.78, 5) is 12.2. The summed E-state index contributed by atoms with van der Waals surface area (Å²) in [5.41, 5.74) is -1.11. The second-order valence-corrected chi connectivity index (χ2v) is 6.04. The van der Waals surface area contributed by atoms with Gasteiger partial charge in [0.15, 0.2) is 5.60 Å². The number of hydrogen-bond acceptors (Lipinski definition) is 4. The van der Waals surface area contributed by atoms with Crippen LogP contribution in [0.1, 0.15) is 36.9 Å². The quantitative estimate of drug-likeness (QED) is 0.681. The van der Waals surface area contributed by atoms with Crippen molar-refractivity contribution >= 4 is 5.69 Å². The molecule has 128 valence electrons. The average Bonchev–Trinajstić information content (AvgIpc) is 2.46. The van der Waals surface area contributed by atoms with Gasteiger partial charge in [-0.1, -0.05) is 6.07 Å². The van der Waals surface area contributed by atoms with E-state index < -0.39 is 29.5 Å². The molecule has 1 aliphatic heterocycles. The van der Waals surface area contributed by atoms with E-state index >= 15 is 0 Å². The predicted octanol–water partition coefficient (Wildman–Crippen LogP) is 3.35. The third-order valence-corrected chi connectivity index (χ3v) is 4.62. The Kier molecular flexibility index (Phi) is 4.68. The van der Waals surface area contributed by atoms with E-state index in [4.69, 9.17) is 0 Å². The number of nitro benzene ring substituents is 1. The van der Waals surface area contributed by atoms with Crippen molar-refractivity contribution in [1.29, 1.82) is 0 Å². The molecule has 0 radical (unpaired) electrons. The van der Waals surface area contributed by atoms with Gasteiger partial charge < -0.3 is 5.11 Å². The lowest BCUT2D eigenvalue weighted by Gasteiger charge is -2.41. The Balaban J connectivity index is 2.16. The van der Waals surface area contributed by atoms with E-state index in [1.165, 1.54) is 12.1 Å². The highest BCUT2D eigenvalue weighted by molar-refractivity contribution is 5.40. The molecule has 1 aromatic rings. The Morgan fingerprint density at radius 1 is 1.35 bits per heavy atom. The molecule has 1 saturated heterocycles. The molecule has 23 heavy (non-hydrogen) atoms. The lowest BCUT2D eigenvalue weighted by atomic mass is 9.89. The summed E-state index contributed by atoms with van der Waals surface area (Å²) in [5, 5.41) is 20.6. The number of aliphatic hydroxyl groups is 1. The monoisotopic (exact) mass is 332 g/mol. The average molecular weight is 332 g/mol. The van der Waals surface area contributed by atoms with E-state index in [9.17, 15) is 28.4 Å². The fourth-order valence-corrected chi connectivity index (χ4v) is 2.95. The van der Waals surface area contributed by atoms with Crippen LogP contribution >= 0.6 is 0 Å². The van der Waals surface area contributed by atoms with Gasteiger partial charge in [-0.25, -0.2) is 0 Å². The summed E-state index contributed by atoms with van der Waals surface area (Å²) in [6, 6.07) is 4.25. The van der Waals surface area contributed by atoms with E-state index in [2.05, 4.69) is 0 Å². The molecule has 2 rings (SSSR count). The molecule has 1 aromatic carbocycles. The van der Waals surface area contributed by atoms with Gasteiger partial charge in [0.1, 0.15) is 0 Å². The summed E-state index contributed by atoms with van der Waals surface area (Å²) in [6.07, 6.45) is -5.42. The zero-order valence-electron chi connectivity index (χ0n) is 12.9. The second-order valence-electron chi connectivity index (χ2n) is 6.04. The number of piperidine rings is 1. The van der Waals surface area contributed by atoms with Crippen molar-refractivity contribution in [3.05, 3.63) is 39.4 Å². The third kappa shape index (κ3) is 3.48. The first-order valence-electron chi connectivity index (χ1n) is 7.33. The number of aryl methyl sites for hydroxylation is 1. The van der Waals surface area contributed by atoms with Gasteiger partial charge in [-0.15, -0.1) is 0 Å². The molecule has 1 fully saturated rings. The van der Waals surface area contributed by atoms with Crippen LogP contribution in [0.5, 0.6) is 0 Å². The van der Waals surface area contributed by atoms with Crippen LogP contribution in [0.25, 0.3) is 0 Å². The van der Waals surface area contributed by atoms with Crippen LogP contribution in [0, 0.1) is 17.0 Å². The number of nitro groups is 1. The SMILES string of the molecule is Cc1ccc([N+](=O)[O-])cc1C(C)N1CCC(O)(C(F)(F)F)CC1. The molecule has 0 amide bonds. The lowest BCUT2D eigenvalue weighted by Crippen LogP contribution is -2.53. The van der Waals surface area contributed by atoms with Crippen molar-refractivity contribution in [2.75, 3.05) is 13.1 Å². The van der Waals surface area contributed by atoms with Gasteiger partial charge in [0, 0.05) is 31.3 Å². The maximum absolute atomic E-state index is 12.8. The van der Waals surface area contributed by atoms with Crippen LogP contribution in [-0.2, 0) is 0 Å². The highest BCUT2D eigenvalue weighted by Crippen LogP contribution is 2.40. The van der Waals surface area contributed by atoms with E-state index in [1.807, 2.05) is 18.7 Å². The first kappa shape index (κ1) is 17.7. The second kappa shape index (κ2) is 6.09. The highest BCUT2D eigenvalue weighted by atomic mass is 19.4. The van der Waals surface area contributed by atoms with Gasteiger partial charge in [0.05, 0.1) is 4.92 Å². The van der Waals surface area contributed by atoms with Crippen LogP contribution in [0.4, 0.5) is 18.9 Å². The number of hydrogen-bond donors (Lipinski definition) is 1. The molecule has 1 N–H and O–H groups in total. The smallest absolute Gasteiger partial charge is 0.380 e. The topological polar surface area (TPSA) is 66.6 Å². The van der Waals surface area contributed by atoms with Crippen molar-refractivity contribution in [2.24, 2.45) is 0 Å². The minimum absolute atomic E-state index is 0.0405. The lowest BCUT2D eigenvalue weighted by molar-refractivity contribution is -0.385. The Morgan fingerprint density at radius 3 is 2.39 bits per heavy atom. The molecule has 5 nitrogen and oxygen atoms in total. The third-order valence-electron chi connectivity index (χ3n) is 4.62.